The third-order valence-corrected chi connectivity index (χ3v) is 4.46. The van der Waals surface area contributed by atoms with Gasteiger partial charge < -0.3 is 15.5 Å². The molecule has 0 atom stereocenters. The first-order valence-electron chi connectivity index (χ1n) is 9.01. The van der Waals surface area contributed by atoms with Crippen molar-refractivity contribution >= 4 is 17.4 Å². The van der Waals surface area contributed by atoms with Crippen molar-refractivity contribution in [1.29, 1.82) is 0 Å². The number of carbonyl (C=O) groups excluding carboxylic acids is 1. The Hall–Kier alpha value is -2.40. The summed E-state index contributed by atoms with van der Waals surface area (Å²) in [7, 11) is 0. The summed E-state index contributed by atoms with van der Waals surface area (Å²) in [4.78, 5) is 18.2. The highest BCUT2D eigenvalue weighted by Crippen LogP contribution is 2.23. The minimum absolute atomic E-state index is 0.0662. The summed E-state index contributed by atoms with van der Waals surface area (Å²) in [5.74, 6) is 0.835. The van der Waals surface area contributed by atoms with Crippen LogP contribution >= 0.6 is 0 Å². The number of carbonyl (C=O) groups is 1. The van der Waals surface area contributed by atoms with Crippen LogP contribution in [-0.4, -0.2) is 42.0 Å². The zero-order valence-electron chi connectivity index (χ0n) is 14.8. The molecule has 5 nitrogen and oxygen atoms in total. The van der Waals surface area contributed by atoms with Crippen molar-refractivity contribution in [1.82, 2.24) is 9.88 Å². The fraction of sp³-hybridized carbons (Fsp3) is 0.400. The Morgan fingerprint density at radius 1 is 1.12 bits per heavy atom. The number of hydrogen-bond donors (Lipinski definition) is 2. The lowest BCUT2D eigenvalue weighted by Crippen LogP contribution is -2.33. The highest BCUT2D eigenvalue weighted by atomic mass is 16.1. The van der Waals surface area contributed by atoms with Crippen LogP contribution in [0.2, 0.25) is 0 Å². The van der Waals surface area contributed by atoms with Crippen molar-refractivity contribution in [2.24, 2.45) is 0 Å². The molecule has 0 bridgehead atoms. The molecule has 25 heavy (non-hydrogen) atoms. The van der Waals surface area contributed by atoms with Gasteiger partial charge in [0.25, 0.3) is 0 Å². The molecule has 0 saturated carbocycles. The number of nitrogens with zero attached hydrogens (tertiary/aromatic N) is 2. The van der Waals surface area contributed by atoms with Crippen molar-refractivity contribution < 1.29 is 4.79 Å². The predicted molar refractivity (Wildman–Crippen MR) is 103 cm³/mol. The smallest absolute Gasteiger partial charge is 0.221 e. The topological polar surface area (TPSA) is 57.3 Å². The molecule has 1 aliphatic heterocycles. The molecule has 1 aromatic heterocycles. The lowest BCUT2D eigenvalue weighted by atomic mass is 10.1. The van der Waals surface area contributed by atoms with Crippen molar-refractivity contribution in [3.05, 3.63) is 42.6 Å². The number of benzene rings is 1. The number of nitrogens with one attached hydrogen (secondary N) is 2. The second-order valence-electron chi connectivity index (χ2n) is 6.52. The molecule has 0 unspecified atom stereocenters. The van der Waals surface area contributed by atoms with E-state index in [1.165, 1.54) is 39.3 Å². The van der Waals surface area contributed by atoms with E-state index in [0.717, 1.165) is 35.7 Å². The van der Waals surface area contributed by atoms with Crippen LogP contribution in [0.1, 0.15) is 26.2 Å². The van der Waals surface area contributed by atoms with Crippen molar-refractivity contribution in [3.8, 4) is 11.1 Å². The molecule has 0 spiro atoms. The monoisotopic (exact) mass is 338 g/mol. The summed E-state index contributed by atoms with van der Waals surface area (Å²) in [6.45, 7) is 5.95. The maximum absolute atomic E-state index is 11.2. The van der Waals surface area contributed by atoms with E-state index < -0.39 is 0 Å². The van der Waals surface area contributed by atoms with E-state index in [9.17, 15) is 4.79 Å². The van der Waals surface area contributed by atoms with Crippen LogP contribution in [0, 0.1) is 0 Å². The minimum Gasteiger partial charge on any atom is -0.369 e. The summed E-state index contributed by atoms with van der Waals surface area (Å²) in [5.41, 5.74) is 2.88. The third kappa shape index (κ3) is 5.29. The molecule has 3 rings (SSSR count). The summed E-state index contributed by atoms with van der Waals surface area (Å²) in [6.07, 6.45) is 5.89. The number of anilines is 2. The summed E-state index contributed by atoms with van der Waals surface area (Å²) in [5, 5.41) is 6.21. The second kappa shape index (κ2) is 8.62. The van der Waals surface area contributed by atoms with Crippen LogP contribution < -0.4 is 10.6 Å². The fourth-order valence-corrected chi connectivity index (χ4v) is 3.17. The normalized spacial score (nSPS) is 14.9. The molecule has 0 aliphatic carbocycles. The Bertz CT molecular complexity index is 693. The van der Waals surface area contributed by atoms with E-state index in [0.29, 0.717) is 0 Å². The van der Waals surface area contributed by atoms with E-state index >= 15 is 0 Å². The highest BCUT2D eigenvalue weighted by Gasteiger charge is 2.09. The summed E-state index contributed by atoms with van der Waals surface area (Å²) < 4.78 is 0. The maximum atomic E-state index is 11.2. The van der Waals surface area contributed by atoms with Gasteiger partial charge in [0.1, 0.15) is 5.82 Å². The van der Waals surface area contributed by atoms with Crippen LogP contribution in [0.4, 0.5) is 11.5 Å². The molecule has 1 saturated heterocycles. The van der Waals surface area contributed by atoms with Crippen LogP contribution in [0.15, 0.2) is 42.6 Å². The Kier molecular flexibility index (Phi) is 6.01. The standard InChI is InChI=1S/C20H26N4O/c1-16(25)23-19-7-5-6-17(14-19)18-8-9-20(22-15-18)21-10-13-24-11-3-2-4-12-24/h5-9,14-15H,2-4,10-13H2,1H3,(H,21,22)(H,23,25). The Balaban J connectivity index is 1.55. The molecular formula is C20H26N4O. The van der Waals surface area contributed by atoms with Crippen LogP contribution in [-0.2, 0) is 4.79 Å². The first kappa shape index (κ1) is 17.4. The Morgan fingerprint density at radius 2 is 1.96 bits per heavy atom. The zero-order chi connectivity index (χ0) is 17.5. The van der Waals surface area contributed by atoms with E-state index in [-0.39, 0.29) is 5.91 Å². The number of piperidine rings is 1. The van der Waals surface area contributed by atoms with Gasteiger partial charge in [-0.05, 0) is 55.8 Å². The van der Waals surface area contributed by atoms with E-state index in [4.69, 9.17) is 0 Å². The Morgan fingerprint density at radius 3 is 2.68 bits per heavy atom. The molecule has 0 radical (unpaired) electrons. The molecule has 1 aliphatic rings. The average molecular weight is 338 g/mol. The molecular weight excluding hydrogens is 312 g/mol. The summed E-state index contributed by atoms with van der Waals surface area (Å²) in [6, 6.07) is 11.9. The van der Waals surface area contributed by atoms with Gasteiger partial charge in [0.05, 0.1) is 0 Å². The lowest BCUT2D eigenvalue weighted by Gasteiger charge is -2.26. The number of pyridine rings is 1. The Labute approximate surface area is 149 Å². The van der Waals surface area contributed by atoms with E-state index in [1.807, 2.05) is 36.5 Å². The third-order valence-electron chi connectivity index (χ3n) is 4.46. The molecule has 5 heteroatoms. The van der Waals surface area contributed by atoms with Gasteiger partial charge in [0.15, 0.2) is 0 Å². The molecule has 1 amide bonds. The maximum Gasteiger partial charge on any atom is 0.221 e. The van der Waals surface area contributed by atoms with Crippen molar-refractivity contribution in [2.45, 2.75) is 26.2 Å². The van der Waals surface area contributed by atoms with Crippen LogP contribution in [0.5, 0.6) is 0 Å². The van der Waals surface area contributed by atoms with Gasteiger partial charge >= 0.3 is 0 Å². The number of hydrogen-bond acceptors (Lipinski definition) is 4. The van der Waals surface area contributed by atoms with Gasteiger partial charge in [-0.1, -0.05) is 18.6 Å². The molecule has 2 aromatic rings. The molecule has 2 N–H and O–H groups in total. The SMILES string of the molecule is CC(=O)Nc1cccc(-c2ccc(NCCN3CCCCC3)nc2)c1. The number of likely N-dealkylation sites (tertiary alicyclic amines) is 1. The average Bonchev–Trinajstić information content (AvgIpc) is 2.63. The van der Waals surface area contributed by atoms with Gasteiger partial charge in [-0.3, -0.25) is 4.79 Å². The number of amides is 1. The first-order valence-corrected chi connectivity index (χ1v) is 9.01. The van der Waals surface area contributed by atoms with E-state index in [2.05, 4.69) is 26.6 Å². The second-order valence-corrected chi connectivity index (χ2v) is 6.52. The van der Waals surface area contributed by atoms with Gasteiger partial charge in [-0.25, -0.2) is 4.98 Å². The molecule has 1 fully saturated rings. The van der Waals surface area contributed by atoms with Crippen molar-refractivity contribution in [3.63, 3.8) is 0 Å². The first-order chi connectivity index (χ1) is 12.2. The molecule has 132 valence electrons. The lowest BCUT2D eigenvalue weighted by molar-refractivity contribution is -0.114. The van der Waals surface area contributed by atoms with Crippen LogP contribution in [0.3, 0.4) is 0 Å². The number of rotatable bonds is 6. The highest BCUT2D eigenvalue weighted by molar-refractivity contribution is 5.89. The van der Waals surface area contributed by atoms with E-state index in [1.54, 1.807) is 0 Å². The van der Waals surface area contributed by atoms with Crippen LogP contribution in [0.25, 0.3) is 11.1 Å². The molecule has 1 aromatic carbocycles. The fourth-order valence-electron chi connectivity index (χ4n) is 3.17. The molecule has 2 heterocycles. The minimum atomic E-state index is -0.0662. The van der Waals surface area contributed by atoms with Gasteiger partial charge in [0, 0.05) is 37.5 Å². The van der Waals surface area contributed by atoms with Crippen molar-refractivity contribution in [2.75, 3.05) is 36.8 Å². The van der Waals surface area contributed by atoms with Gasteiger partial charge in [-0.2, -0.15) is 0 Å². The largest absolute Gasteiger partial charge is 0.369 e. The predicted octanol–water partition coefficient (Wildman–Crippen LogP) is 3.60. The van der Waals surface area contributed by atoms with Gasteiger partial charge in [0.2, 0.25) is 5.91 Å². The summed E-state index contributed by atoms with van der Waals surface area (Å²) >= 11 is 0. The zero-order valence-corrected chi connectivity index (χ0v) is 14.8. The number of aromatic nitrogens is 1. The quantitative estimate of drug-likeness (QED) is 0.845. The van der Waals surface area contributed by atoms with Gasteiger partial charge in [-0.15, -0.1) is 0 Å².